The van der Waals surface area contributed by atoms with Gasteiger partial charge in [0.05, 0.1) is 17.7 Å². The summed E-state index contributed by atoms with van der Waals surface area (Å²) >= 11 is 0. The maximum absolute atomic E-state index is 10.3. The van der Waals surface area contributed by atoms with Crippen molar-refractivity contribution in [2.24, 2.45) is 0 Å². The van der Waals surface area contributed by atoms with E-state index >= 15 is 0 Å². The maximum atomic E-state index is 10.3. The Kier molecular flexibility index (Phi) is 12.4. The minimum atomic E-state index is -1.79. The van der Waals surface area contributed by atoms with Crippen LogP contribution >= 0.6 is 0 Å². The molecule has 0 bridgehead atoms. The quantitative estimate of drug-likeness (QED) is 0.134. The SMILES string of the molecule is O=C(O)c1cc(O)c(O)c(O)c1.O=C(O)c1cc(O)c(O)c(O)c1.O=CC(O)C(O)C(O)C(O)CO. The van der Waals surface area contributed by atoms with Gasteiger partial charge in [0.1, 0.15) is 24.4 Å². The smallest absolute Gasteiger partial charge is 0.335 e. The number of carbonyl (C=O) groups is 3. The fourth-order valence-corrected chi connectivity index (χ4v) is 2.07. The lowest BCUT2D eigenvalue weighted by Crippen LogP contribution is -2.46. The summed E-state index contributed by atoms with van der Waals surface area (Å²) < 4.78 is 0. The number of benzene rings is 2. The minimum absolute atomic E-state index is 0.0258. The summed E-state index contributed by atoms with van der Waals surface area (Å²) in [6, 6.07) is 3.38. The average Bonchev–Trinajstić information content (AvgIpc) is 2.83. The number of aliphatic hydroxyl groups excluding tert-OH is 5. The molecule has 0 saturated heterocycles. The molecule has 0 aliphatic rings. The van der Waals surface area contributed by atoms with E-state index in [0.29, 0.717) is 0 Å². The number of phenolic OH excluding ortho intramolecular Hbond substituents is 6. The molecule has 2 aromatic carbocycles. The molecule has 200 valence electrons. The molecule has 0 radical (unpaired) electrons. The maximum Gasteiger partial charge on any atom is 0.335 e. The summed E-state index contributed by atoms with van der Waals surface area (Å²) in [7, 11) is 0. The molecule has 13 N–H and O–H groups in total. The molecule has 4 atom stereocenters. The zero-order chi connectivity index (χ0) is 28.3. The molecule has 0 fully saturated rings. The van der Waals surface area contributed by atoms with Crippen molar-refractivity contribution in [1.29, 1.82) is 0 Å². The van der Waals surface area contributed by atoms with Crippen LogP contribution in [-0.2, 0) is 4.79 Å². The largest absolute Gasteiger partial charge is 0.504 e. The third kappa shape index (κ3) is 9.12. The van der Waals surface area contributed by atoms with Gasteiger partial charge in [-0.3, -0.25) is 0 Å². The lowest BCUT2D eigenvalue weighted by atomic mass is 10.0. The predicted octanol–water partition coefficient (Wildman–Crippen LogP) is -2.38. The second-order valence-corrected chi connectivity index (χ2v) is 6.69. The van der Waals surface area contributed by atoms with E-state index in [-0.39, 0.29) is 17.4 Å². The molecule has 0 aliphatic carbocycles. The van der Waals surface area contributed by atoms with Gasteiger partial charge in [-0.25, -0.2) is 9.59 Å². The molecule has 0 aliphatic heterocycles. The predicted molar refractivity (Wildman–Crippen MR) is 114 cm³/mol. The number of aldehydes is 1. The zero-order valence-electron chi connectivity index (χ0n) is 17.9. The number of aliphatic hydroxyl groups is 5. The van der Waals surface area contributed by atoms with E-state index in [1.54, 1.807) is 0 Å². The Balaban J connectivity index is 0.000000510. The van der Waals surface area contributed by atoms with E-state index < -0.39 is 77.5 Å². The Morgan fingerprint density at radius 2 is 0.972 bits per heavy atom. The van der Waals surface area contributed by atoms with Gasteiger partial charge in [0.2, 0.25) is 0 Å². The van der Waals surface area contributed by atoms with Gasteiger partial charge in [0.15, 0.2) is 40.8 Å². The standard InChI is InChI=1S/2C7H6O5.C6H12O6/c2*8-4-1-3(7(11)12)2-5(9)6(4)10;7-1-3(9)5(11)6(12)4(10)2-8/h2*1-2,8-10H,(H,11,12);1,3-6,8-12H,2H2. The monoisotopic (exact) mass is 520 g/mol. The molecule has 16 nitrogen and oxygen atoms in total. The van der Waals surface area contributed by atoms with E-state index in [0.717, 1.165) is 24.3 Å². The molecular weight excluding hydrogens is 496 g/mol. The Bertz CT molecular complexity index is 938. The van der Waals surface area contributed by atoms with Gasteiger partial charge in [0.25, 0.3) is 0 Å². The molecule has 2 rings (SSSR count). The molecule has 0 saturated carbocycles. The summed E-state index contributed by atoms with van der Waals surface area (Å²) in [6.45, 7) is -0.760. The molecule has 0 spiro atoms. The van der Waals surface area contributed by atoms with Crippen molar-refractivity contribution >= 4 is 18.2 Å². The van der Waals surface area contributed by atoms with Crippen LogP contribution in [0.15, 0.2) is 24.3 Å². The summed E-state index contributed by atoms with van der Waals surface area (Å²) in [4.78, 5) is 30.5. The van der Waals surface area contributed by atoms with Crippen molar-refractivity contribution in [2.45, 2.75) is 24.4 Å². The Morgan fingerprint density at radius 1 is 0.667 bits per heavy atom. The highest BCUT2D eigenvalue weighted by atomic mass is 16.4. The number of hydrogen-bond donors (Lipinski definition) is 13. The number of carboxylic acids is 2. The van der Waals surface area contributed by atoms with Crippen LogP contribution in [0.3, 0.4) is 0 Å². The van der Waals surface area contributed by atoms with Crippen molar-refractivity contribution in [3.8, 4) is 34.5 Å². The van der Waals surface area contributed by atoms with Gasteiger partial charge in [-0.05, 0) is 24.3 Å². The number of phenols is 6. The highest BCUT2D eigenvalue weighted by Gasteiger charge is 2.29. The molecular formula is C20H24O16. The highest BCUT2D eigenvalue weighted by molar-refractivity contribution is 5.89. The molecule has 16 heteroatoms. The van der Waals surface area contributed by atoms with E-state index in [9.17, 15) is 14.4 Å². The van der Waals surface area contributed by atoms with Gasteiger partial charge in [-0.1, -0.05) is 0 Å². The van der Waals surface area contributed by atoms with Crippen molar-refractivity contribution in [2.75, 3.05) is 6.61 Å². The van der Waals surface area contributed by atoms with Crippen LogP contribution in [0.5, 0.6) is 34.5 Å². The third-order valence-electron chi connectivity index (χ3n) is 4.05. The van der Waals surface area contributed by atoms with Crippen molar-refractivity contribution in [3.63, 3.8) is 0 Å². The van der Waals surface area contributed by atoms with Crippen LogP contribution in [0, 0.1) is 0 Å². The van der Waals surface area contributed by atoms with Gasteiger partial charge in [-0.15, -0.1) is 0 Å². The molecule has 0 heterocycles. The first kappa shape index (κ1) is 31.6. The van der Waals surface area contributed by atoms with Crippen LogP contribution < -0.4 is 0 Å². The first-order valence-corrected chi connectivity index (χ1v) is 9.33. The Hall–Kier alpha value is -4.35. The number of carbonyl (C=O) groups excluding carboxylic acids is 1. The number of rotatable bonds is 7. The molecule has 2 aromatic rings. The lowest BCUT2D eigenvalue weighted by molar-refractivity contribution is -0.136. The molecule has 4 unspecified atom stereocenters. The second-order valence-electron chi connectivity index (χ2n) is 6.69. The molecule has 36 heavy (non-hydrogen) atoms. The van der Waals surface area contributed by atoms with Crippen molar-refractivity contribution in [1.82, 2.24) is 0 Å². The zero-order valence-corrected chi connectivity index (χ0v) is 17.9. The fraction of sp³-hybridized carbons (Fsp3) is 0.250. The number of carboxylic acid groups (broad SMARTS) is 2. The number of hydrogen-bond acceptors (Lipinski definition) is 14. The number of aromatic hydroxyl groups is 6. The topological polar surface area (TPSA) is 314 Å². The van der Waals surface area contributed by atoms with Gasteiger partial charge >= 0.3 is 11.9 Å². The summed E-state index contributed by atoms with van der Waals surface area (Å²) in [5, 5.41) is 113. The van der Waals surface area contributed by atoms with E-state index in [2.05, 4.69) is 0 Å². The van der Waals surface area contributed by atoms with Crippen LogP contribution in [0.2, 0.25) is 0 Å². The van der Waals surface area contributed by atoms with Crippen LogP contribution in [0.25, 0.3) is 0 Å². The Morgan fingerprint density at radius 3 is 1.19 bits per heavy atom. The van der Waals surface area contributed by atoms with Crippen LogP contribution in [0.1, 0.15) is 20.7 Å². The highest BCUT2D eigenvalue weighted by Crippen LogP contribution is 2.36. The first-order chi connectivity index (χ1) is 16.6. The minimum Gasteiger partial charge on any atom is -0.504 e. The fourth-order valence-electron chi connectivity index (χ4n) is 2.07. The Labute approximate surface area is 200 Å². The van der Waals surface area contributed by atoms with E-state index in [4.69, 9.17) is 66.4 Å². The van der Waals surface area contributed by atoms with Crippen LogP contribution in [0.4, 0.5) is 0 Å². The van der Waals surface area contributed by atoms with Crippen LogP contribution in [-0.4, -0.2) is 116 Å². The van der Waals surface area contributed by atoms with Crippen molar-refractivity contribution in [3.05, 3.63) is 35.4 Å². The normalized spacial score (nSPS) is 13.5. The summed E-state index contributed by atoms with van der Waals surface area (Å²) in [5.41, 5.74) is -0.578. The average molecular weight is 520 g/mol. The van der Waals surface area contributed by atoms with E-state index in [1.165, 1.54) is 0 Å². The van der Waals surface area contributed by atoms with Gasteiger partial charge in [0, 0.05) is 0 Å². The summed E-state index contributed by atoms with van der Waals surface area (Å²) in [5.74, 6) is -6.67. The van der Waals surface area contributed by atoms with E-state index in [1.807, 2.05) is 0 Å². The summed E-state index contributed by atoms with van der Waals surface area (Å²) in [6.07, 6.45) is -6.84. The second kappa shape index (κ2) is 14.1. The third-order valence-corrected chi connectivity index (χ3v) is 4.05. The van der Waals surface area contributed by atoms with Gasteiger partial charge < -0.3 is 71.2 Å². The number of aromatic carboxylic acids is 2. The van der Waals surface area contributed by atoms with Crippen molar-refractivity contribution < 1.29 is 80.8 Å². The first-order valence-electron chi connectivity index (χ1n) is 9.33. The lowest BCUT2D eigenvalue weighted by Gasteiger charge is -2.22. The molecule has 0 aromatic heterocycles. The molecule has 0 amide bonds. The van der Waals surface area contributed by atoms with Gasteiger partial charge in [-0.2, -0.15) is 0 Å².